The fraction of sp³-hybridized carbons (Fsp3) is 0.360. The molecule has 0 aliphatic carbocycles. The number of aromatic amines is 1. The fourth-order valence-corrected chi connectivity index (χ4v) is 4.08. The van der Waals surface area contributed by atoms with Crippen LogP contribution in [0, 0.1) is 0 Å². The number of nitrogens with one attached hydrogen (secondary N) is 1. The van der Waals surface area contributed by atoms with Crippen molar-refractivity contribution in [2.75, 3.05) is 39.4 Å². The molecule has 32 heavy (non-hydrogen) atoms. The maximum atomic E-state index is 13.0. The summed E-state index contributed by atoms with van der Waals surface area (Å²) in [5.74, 6) is 1.24. The molecule has 0 bridgehead atoms. The number of piperazine rings is 1. The van der Waals surface area contributed by atoms with Gasteiger partial charge in [0.1, 0.15) is 0 Å². The van der Waals surface area contributed by atoms with Gasteiger partial charge in [0.25, 0.3) is 5.91 Å². The zero-order chi connectivity index (χ0) is 22.5. The third-order valence-corrected chi connectivity index (χ3v) is 5.73. The Morgan fingerprint density at radius 1 is 0.906 bits per heavy atom. The molecule has 1 fully saturated rings. The van der Waals surface area contributed by atoms with Gasteiger partial charge in [0.15, 0.2) is 11.5 Å². The van der Waals surface area contributed by atoms with Crippen LogP contribution in [0.25, 0.3) is 10.9 Å². The Bertz CT molecular complexity index is 1100. The molecule has 1 aliphatic heterocycles. The number of amides is 2. The molecule has 7 heteroatoms. The number of carbonyl (C=O) groups is 2. The van der Waals surface area contributed by atoms with Crippen molar-refractivity contribution >= 4 is 22.7 Å². The molecule has 4 rings (SSSR count). The van der Waals surface area contributed by atoms with Gasteiger partial charge in [0.2, 0.25) is 5.91 Å². The van der Waals surface area contributed by atoms with Crippen molar-refractivity contribution in [1.29, 1.82) is 0 Å². The normalized spacial score (nSPS) is 13.9. The van der Waals surface area contributed by atoms with E-state index in [0.717, 1.165) is 16.5 Å². The van der Waals surface area contributed by atoms with E-state index in [1.165, 1.54) is 0 Å². The zero-order valence-electron chi connectivity index (χ0n) is 18.6. The van der Waals surface area contributed by atoms with Gasteiger partial charge in [-0.2, -0.15) is 0 Å². The molecule has 0 radical (unpaired) electrons. The van der Waals surface area contributed by atoms with E-state index in [-0.39, 0.29) is 11.8 Å². The molecule has 2 heterocycles. The maximum Gasteiger partial charge on any atom is 0.254 e. The second-order valence-electron chi connectivity index (χ2n) is 7.74. The molecule has 1 aromatic heterocycles. The number of fused-ring (bicyclic) bond motifs is 1. The first-order valence-electron chi connectivity index (χ1n) is 11.1. The average molecular weight is 436 g/mol. The summed E-state index contributed by atoms with van der Waals surface area (Å²) in [7, 11) is 0. The lowest BCUT2D eigenvalue weighted by molar-refractivity contribution is -0.131. The Kier molecular flexibility index (Phi) is 6.63. The molecule has 3 aromatic rings. The predicted molar refractivity (Wildman–Crippen MR) is 123 cm³/mol. The quantitative estimate of drug-likeness (QED) is 0.617. The first kappa shape index (κ1) is 21.7. The predicted octanol–water partition coefficient (Wildman–Crippen LogP) is 3.49. The summed E-state index contributed by atoms with van der Waals surface area (Å²) >= 11 is 0. The second kappa shape index (κ2) is 9.77. The molecule has 0 spiro atoms. The van der Waals surface area contributed by atoms with Crippen LogP contribution in [0.3, 0.4) is 0 Å². The molecule has 2 aromatic carbocycles. The molecule has 0 saturated carbocycles. The summed E-state index contributed by atoms with van der Waals surface area (Å²) in [4.78, 5) is 32.7. The first-order valence-corrected chi connectivity index (χ1v) is 11.1. The van der Waals surface area contributed by atoms with Crippen molar-refractivity contribution in [2.24, 2.45) is 0 Å². The summed E-state index contributed by atoms with van der Waals surface area (Å²) in [6.45, 7) is 6.91. The van der Waals surface area contributed by atoms with Crippen molar-refractivity contribution in [3.63, 3.8) is 0 Å². The molecular weight excluding hydrogens is 406 g/mol. The van der Waals surface area contributed by atoms with Gasteiger partial charge >= 0.3 is 0 Å². The van der Waals surface area contributed by atoms with Crippen LogP contribution in [0.1, 0.15) is 29.8 Å². The number of carbonyl (C=O) groups excluding carboxylic acids is 2. The van der Waals surface area contributed by atoms with Crippen LogP contribution in [0.5, 0.6) is 11.5 Å². The van der Waals surface area contributed by atoms with E-state index >= 15 is 0 Å². The second-order valence-corrected chi connectivity index (χ2v) is 7.74. The van der Waals surface area contributed by atoms with E-state index in [1.807, 2.05) is 49.2 Å². The standard InChI is InChI=1S/C25H29N3O4/c1-3-31-22-10-9-18(15-23(22)32-4-2)25(30)28-13-11-27(12-14-28)24(29)16-19-17-26-21-8-6-5-7-20(19)21/h5-10,15,17,26H,3-4,11-14,16H2,1-2H3. The number of ether oxygens (including phenoxy) is 2. The van der Waals surface area contributed by atoms with Crippen LogP contribution in [0.2, 0.25) is 0 Å². The number of aromatic nitrogens is 1. The smallest absolute Gasteiger partial charge is 0.254 e. The van der Waals surface area contributed by atoms with Gasteiger partial charge in [-0.05, 0) is 43.7 Å². The van der Waals surface area contributed by atoms with E-state index in [2.05, 4.69) is 4.98 Å². The molecule has 168 valence electrons. The third-order valence-electron chi connectivity index (χ3n) is 5.73. The molecule has 7 nitrogen and oxygen atoms in total. The molecule has 1 saturated heterocycles. The van der Waals surface area contributed by atoms with Crippen LogP contribution in [0.15, 0.2) is 48.7 Å². The summed E-state index contributed by atoms with van der Waals surface area (Å²) < 4.78 is 11.2. The Morgan fingerprint density at radius 2 is 1.59 bits per heavy atom. The third kappa shape index (κ3) is 4.56. The number of hydrogen-bond acceptors (Lipinski definition) is 4. The van der Waals surface area contributed by atoms with Gasteiger partial charge < -0.3 is 24.3 Å². The topological polar surface area (TPSA) is 74.9 Å². The zero-order valence-corrected chi connectivity index (χ0v) is 18.6. The van der Waals surface area contributed by atoms with Gasteiger partial charge in [0, 0.05) is 48.8 Å². The summed E-state index contributed by atoms with van der Waals surface area (Å²) in [5.41, 5.74) is 2.60. The first-order chi connectivity index (χ1) is 15.6. The van der Waals surface area contributed by atoms with E-state index < -0.39 is 0 Å². The summed E-state index contributed by atoms with van der Waals surface area (Å²) in [6, 6.07) is 13.3. The maximum absolute atomic E-state index is 13.0. The highest BCUT2D eigenvalue weighted by atomic mass is 16.5. The van der Waals surface area contributed by atoms with Crippen molar-refractivity contribution in [3.05, 3.63) is 59.8 Å². The highest BCUT2D eigenvalue weighted by Gasteiger charge is 2.26. The molecule has 2 amide bonds. The van der Waals surface area contributed by atoms with Gasteiger partial charge in [-0.15, -0.1) is 0 Å². The Hall–Kier alpha value is -3.48. The molecular formula is C25H29N3O4. The van der Waals surface area contributed by atoms with E-state index in [0.29, 0.717) is 62.9 Å². The lowest BCUT2D eigenvalue weighted by Gasteiger charge is -2.35. The van der Waals surface area contributed by atoms with Gasteiger partial charge in [-0.25, -0.2) is 0 Å². The fourth-order valence-electron chi connectivity index (χ4n) is 4.08. The lowest BCUT2D eigenvalue weighted by Crippen LogP contribution is -2.51. The number of hydrogen-bond donors (Lipinski definition) is 1. The van der Waals surface area contributed by atoms with Gasteiger partial charge in [-0.3, -0.25) is 9.59 Å². The Labute approximate surface area is 187 Å². The SMILES string of the molecule is CCOc1ccc(C(=O)N2CCN(C(=O)Cc3c[nH]c4ccccc34)CC2)cc1OCC. The van der Waals surface area contributed by atoms with Gasteiger partial charge in [0.05, 0.1) is 19.6 Å². The molecule has 0 atom stereocenters. The van der Waals surface area contributed by atoms with Crippen LogP contribution < -0.4 is 9.47 Å². The van der Waals surface area contributed by atoms with Gasteiger partial charge in [-0.1, -0.05) is 18.2 Å². The number of benzene rings is 2. The molecule has 0 unspecified atom stereocenters. The highest BCUT2D eigenvalue weighted by Crippen LogP contribution is 2.29. The molecule has 1 N–H and O–H groups in total. The number of para-hydroxylation sites is 1. The van der Waals surface area contributed by atoms with Crippen LogP contribution >= 0.6 is 0 Å². The Morgan fingerprint density at radius 3 is 2.34 bits per heavy atom. The minimum Gasteiger partial charge on any atom is -0.490 e. The van der Waals surface area contributed by atoms with Crippen LogP contribution in [-0.4, -0.2) is 66.0 Å². The van der Waals surface area contributed by atoms with E-state index in [9.17, 15) is 9.59 Å². The number of nitrogens with zero attached hydrogens (tertiary/aromatic N) is 2. The number of H-pyrrole nitrogens is 1. The lowest BCUT2D eigenvalue weighted by atomic mass is 10.1. The average Bonchev–Trinajstić information content (AvgIpc) is 3.23. The summed E-state index contributed by atoms with van der Waals surface area (Å²) in [5, 5.41) is 1.08. The Balaban J connectivity index is 1.37. The van der Waals surface area contributed by atoms with Crippen molar-refractivity contribution in [3.8, 4) is 11.5 Å². The van der Waals surface area contributed by atoms with Crippen molar-refractivity contribution < 1.29 is 19.1 Å². The minimum absolute atomic E-state index is 0.0577. The van der Waals surface area contributed by atoms with E-state index in [4.69, 9.17) is 9.47 Å². The van der Waals surface area contributed by atoms with Crippen LogP contribution in [0.4, 0.5) is 0 Å². The van der Waals surface area contributed by atoms with Crippen molar-refractivity contribution in [1.82, 2.24) is 14.8 Å². The van der Waals surface area contributed by atoms with E-state index in [1.54, 1.807) is 23.1 Å². The van der Waals surface area contributed by atoms with Crippen LogP contribution in [-0.2, 0) is 11.2 Å². The highest BCUT2D eigenvalue weighted by molar-refractivity contribution is 5.95. The number of rotatable bonds is 7. The van der Waals surface area contributed by atoms with Crippen molar-refractivity contribution in [2.45, 2.75) is 20.3 Å². The molecule has 1 aliphatic rings. The minimum atomic E-state index is -0.0577. The monoisotopic (exact) mass is 435 g/mol. The largest absolute Gasteiger partial charge is 0.490 e. The summed E-state index contributed by atoms with van der Waals surface area (Å²) in [6.07, 6.45) is 2.26.